The van der Waals surface area contributed by atoms with Crippen LogP contribution >= 0.6 is 0 Å². The van der Waals surface area contributed by atoms with Crippen LogP contribution in [0.4, 0.5) is 10.1 Å². The van der Waals surface area contributed by atoms with Crippen LogP contribution in [-0.2, 0) is 10.2 Å². The number of fused-ring (bicyclic) bond motifs is 6. The molecular formula is C34H25FN2O4. The molecular weight excluding hydrogens is 519 g/mol. The minimum atomic E-state index is -1.43. The van der Waals surface area contributed by atoms with Gasteiger partial charge in [-0.05, 0) is 77.4 Å². The molecule has 0 radical (unpaired) electrons. The highest BCUT2D eigenvalue weighted by atomic mass is 19.1. The number of Topliss-reactive ketones (excluding diaryl/α,β-unsaturated/α-hetero) is 2. The smallest absolute Gasteiger partial charge is 0.238 e. The standard InChI is InChI=1S/C34H25FN2O4/c1-41-24-16-12-22(13-17-24)31(39)29-28(30(38)21-10-14-23(35)15-11-21)34(26-8-4-5-9-27(26)36-33(34)40)32-25-7-3-2-6-20(25)18-19-37(29)32/h2-19,28-29,32H,1H3,(H,36,40)/t28-,29-,32+,34+/m0/s1. The van der Waals surface area contributed by atoms with Crippen LogP contribution in [0, 0.1) is 11.7 Å². The molecule has 0 bridgehead atoms. The maximum absolute atomic E-state index is 14.7. The monoisotopic (exact) mass is 544 g/mol. The number of anilines is 1. The van der Waals surface area contributed by atoms with E-state index in [0.717, 1.165) is 11.1 Å². The number of nitrogens with one attached hydrogen (secondary N) is 1. The number of methoxy groups -OCH3 is 1. The lowest BCUT2D eigenvalue weighted by Gasteiger charge is -2.38. The van der Waals surface area contributed by atoms with Crippen molar-refractivity contribution in [3.05, 3.63) is 137 Å². The lowest BCUT2D eigenvalue weighted by molar-refractivity contribution is -0.122. The largest absolute Gasteiger partial charge is 0.497 e. The number of hydrogen-bond donors (Lipinski definition) is 1. The van der Waals surface area contributed by atoms with Gasteiger partial charge in [0.15, 0.2) is 11.6 Å². The van der Waals surface area contributed by atoms with Crippen LogP contribution in [0.5, 0.6) is 5.75 Å². The van der Waals surface area contributed by atoms with Crippen molar-refractivity contribution >= 4 is 29.2 Å². The number of benzene rings is 4. The quantitative estimate of drug-likeness (QED) is 0.321. The molecule has 1 fully saturated rings. The van der Waals surface area contributed by atoms with Crippen molar-refractivity contribution in [2.24, 2.45) is 5.92 Å². The average molecular weight is 545 g/mol. The zero-order chi connectivity index (χ0) is 28.3. The molecule has 41 heavy (non-hydrogen) atoms. The van der Waals surface area contributed by atoms with E-state index in [9.17, 15) is 18.8 Å². The van der Waals surface area contributed by atoms with Gasteiger partial charge < -0.3 is 15.0 Å². The second-order valence-electron chi connectivity index (χ2n) is 10.5. The Hall–Kier alpha value is -5.04. The van der Waals surface area contributed by atoms with Gasteiger partial charge in [-0.3, -0.25) is 14.4 Å². The fourth-order valence-corrected chi connectivity index (χ4v) is 6.89. The third-order valence-corrected chi connectivity index (χ3v) is 8.62. The topological polar surface area (TPSA) is 75.7 Å². The number of halogens is 1. The summed E-state index contributed by atoms with van der Waals surface area (Å²) in [5, 5.41) is 3.02. The Morgan fingerprint density at radius 1 is 0.854 bits per heavy atom. The Kier molecular flexibility index (Phi) is 5.64. The van der Waals surface area contributed by atoms with E-state index in [0.29, 0.717) is 22.6 Å². The van der Waals surface area contributed by atoms with E-state index in [2.05, 4.69) is 5.32 Å². The highest BCUT2D eigenvalue weighted by Crippen LogP contribution is 2.62. The zero-order valence-corrected chi connectivity index (χ0v) is 22.1. The number of ketones is 2. The summed E-state index contributed by atoms with van der Waals surface area (Å²) in [6, 6.07) is 25.4. The molecule has 1 saturated heterocycles. The molecule has 0 unspecified atom stereocenters. The maximum Gasteiger partial charge on any atom is 0.238 e. The highest BCUT2D eigenvalue weighted by Gasteiger charge is 2.70. The van der Waals surface area contributed by atoms with Gasteiger partial charge >= 0.3 is 0 Å². The van der Waals surface area contributed by atoms with E-state index in [1.54, 1.807) is 31.4 Å². The zero-order valence-electron chi connectivity index (χ0n) is 22.1. The summed E-state index contributed by atoms with van der Waals surface area (Å²) in [6.07, 6.45) is 3.74. The lowest BCUT2D eigenvalue weighted by atomic mass is 9.62. The number of amides is 1. The van der Waals surface area contributed by atoms with Gasteiger partial charge in [0.1, 0.15) is 23.0 Å². The Morgan fingerprint density at radius 2 is 1.51 bits per heavy atom. The van der Waals surface area contributed by atoms with Gasteiger partial charge in [-0.25, -0.2) is 4.39 Å². The first-order valence-corrected chi connectivity index (χ1v) is 13.4. The van der Waals surface area contributed by atoms with Crippen LogP contribution < -0.4 is 10.1 Å². The van der Waals surface area contributed by atoms with Crippen molar-refractivity contribution in [1.29, 1.82) is 0 Å². The van der Waals surface area contributed by atoms with E-state index >= 15 is 0 Å². The molecule has 0 saturated carbocycles. The summed E-state index contributed by atoms with van der Waals surface area (Å²) < 4.78 is 19.2. The summed E-state index contributed by atoms with van der Waals surface area (Å²) in [7, 11) is 1.55. The molecule has 3 aliphatic heterocycles. The van der Waals surface area contributed by atoms with Gasteiger partial charge in [-0.15, -0.1) is 0 Å². The van der Waals surface area contributed by atoms with Crippen LogP contribution in [0.25, 0.3) is 6.08 Å². The van der Waals surface area contributed by atoms with Crippen molar-refractivity contribution in [1.82, 2.24) is 4.90 Å². The van der Waals surface area contributed by atoms with Gasteiger partial charge in [0.2, 0.25) is 5.91 Å². The number of rotatable bonds is 5. The van der Waals surface area contributed by atoms with Crippen molar-refractivity contribution in [3.63, 3.8) is 0 Å². The summed E-state index contributed by atoms with van der Waals surface area (Å²) in [5.74, 6) is -2.04. The fraction of sp³-hybridized carbons (Fsp3) is 0.147. The molecule has 1 N–H and O–H groups in total. The average Bonchev–Trinajstić information content (AvgIpc) is 3.49. The molecule has 3 heterocycles. The molecule has 4 aromatic rings. The molecule has 0 aliphatic carbocycles. The third-order valence-electron chi connectivity index (χ3n) is 8.62. The Morgan fingerprint density at radius 3 is 2.27 bits per heavy atom. The highest BCUT2D eigenvalue weighted by molar-refractivity contribution is 6.16. The second-order valence-corrected chi connectivity index (χ2v) is 10.5. The second kappa shape index (κ2) is 9.27. The molecule has 3 aliphatic rings. The van der Waals surface area contributed by atoms with Crippen LogP contribution in [0.15, 0.2) is 103 Å². The molecule has 4 aromatic carbocycles. The Balaban J connectivity index is 1.52. The molecule has 0 aromatic heterocycles. The van der Waals surface area contributed by atoms with Crippen molar-refractivity contribution in [3.8, 4) is 5.75 Å². The van der Waals surface area contributed by atoms with Gasteiger partial charge in [-0.1, -0.05) is 42.5 Å². The normalized spacial score (nSPS) is 23.5. The van der Waals surface area contributed by atoms with Crippen LogP contribution in [0.2, 0.25) is 0 Å². The number of para-hydroxylation sites is 1. The number of carbonyl (C=O) groups is 3. The van der Waals surface area contributed by atoms with Gasteiger partial charge in [0.25, 0.3) is 0 Å². The van der Waals surface area contributed by atoms with Gasteiger partial charge in [0.05, 0.1) is 19.1 Å². The summed E-state index contributed by atoms with van der Waals surface area (Å²) >= 11 is 0. The van der Waals surface area contributed by atoms with E-state index in [-0.39, 0.29) is 17.3 Å². The molecule has 7 rings (SSSR count). The molecule has 4 atom stereocenters. The summed E-state index contributed by atoms with van der Waals surface area (Å²) in [6.45, 7) is 0. The number of carbonyl (C=O) groups excluding carboxylic acids is 3. The van der Waals surface area contributed by atoms with E-state index < -0.39 is 35.0 Å². The number of hydrogen-bond acceptors (Lipinski definition) is 5. The van der Waals surface area contributed by atoms with Crippen LogP contribution in [0.3, 0.4) is 0 Å². The fourth-order valence-electron chi connectivity index (χ4n) is 6.89. The van der Waals surface area contributed by atoms with Gasteiger partial charge in [0, 0.05) is 23.0 Å². The third kappa shape index (κ3) is 3.51. The Bertz CT molecular complexity index is 1750. The first kappa shape index (κ1) is 25.0. The molecule has 7 heteroatoms. The summed E-state index contributed by atoms with van der Waals surface area (Å²) in [5.41, 5.74) is 2.23. The predicted molar refractivity (Wildman–Crippen MR) is 152 cm³/mol. The minimum absolute atomic E-state index is 0.234. The van der Waals surface area contributed by atoms with Crippen LogP contribution in [0.1, 0.15) is 43.4 Å². The van der Waals surface area contributed by atoms with Crippen LogP contribution in [-0.4, -0.2) is 35.5 Å². The van der Waals surface area contributed by atoms with E-state index in [1.165, 1.54) is 24.3 Å². The molecule has 1 spiro atoms. The summed E-state index contributed by atoms with van der Waals surface area (Å²) in [4.78, 5) is 45.4. The maximum atomic E-state index is 14.7. The molecule has 6 nitrogen and oxygen atoms in total. The first-order chi connectivity index (χ1) is 19.9. The number of ether oxygens (including phenoxy) is 1. The number of nitrogens with zero attached hydrogens (tertiary/aromatic N) is 1. The van der Waals surface area contributed by atoms with Crippen molar-refractivity contribution in [2.45, 2.75) is 17.5 Å². The molecule has 202 valence electrons. The minimum Gasteiger partial charge on any atom is -0.497 e. The van der Waals surface area contributed by atoms with Gasteiger partial charge in [-0.2, -0.15) is 0 Å². The predicted octanol–water partition coefficient (Wildman–Crippen LogP) is 5.82. The first-order valence-electron chi connectivity index (χ1n) is 13.4. The SMILES string of the molecule is COc1ccc(C(=O)[C@@H]2[C@@H](C(=O)c3ccc(F)cc3)[C@@]3(C(=O)Nc4ccccc43)[C@H]3c4ccccc4C=CN23)cc1. The van der Waals surface area contributed by atoms with E-state index in [1.807, 2.05) is 65.7 Å². The van der Waals surface area contributed by atoms with Crippen molar-refractivity contribution in [2.75, 3.05) is 12.4 Å². The Labute approximate surface area is 236 Å². The van der Waals surface area contributed by atoms with E-state index in [4.69, 9.17) is 4.74 Å². The van der Waals surface area contributed by atoms with Crippen molar-refractivity contribution < 1.29 is 23.5 Å². The molecule has 1 amide bonds. The lowest BCUT2D eigenvalue weighted by Crippen LogP contribution is -2.49.